The van der Waals surface area contributed by atoms with Gasteiger partial charge in [0.15, 0.2) is 5.13 Å². The van der Waals surface area contributed by atoms with E-state index < -0.39 is 0 Å². The van der Waals surface area contributed by atoms with E-state index in [4.69, 9.17) is 0 Å². The van der Waals surface area contributed by atoms with Crippen LogP contribution in [0.1, 0.15) is 34.5 Å². The number of anilines is 2. The Kier molecular flexibility index (Phi) is 4.00. The molecule has 0 aliphatic carbocycles. The maximum Gasteiger partial charge on any atom is 0.276 e. The second-order valence-corrected chi connectivity index (χ2v) is 7.08. The second kappa shape index (κ2) is 6.34. The molecule has 0 saturated carbocycles. The van der Waals surface area contributed by atoms with Crippen LogP contribution in [0.3, 0.4) is 0 Å². The number of hydrogen-bond donors (Lipinski definition) is 2. The highest BCUT2D eigenvalue weighted by molar-refractivity contribution is 7.14. The van der Waals surface area contributed by atoms with Crippen molar-refractivity contribution in [2.24, 2.45) is 0 Å². The molecule has 3 aromatic rings. The Labute approximate surface area is 154 Å². The van der Waals surface area contributed by atoms with Crippen LogP contribution in [0.2, 0.25) is 0 Å². The van der Waals surface area contributed by atoms with Gasteiger partial charge in [0.05, 0.1) is 11.6 Å². The summed E-state index contributed by atoms with van der Waals surface area (Å²) in [6.45, 7) is 3.80. The number of thiazole rings is 1. The number of nitrogens with zero attached hydrogens (tertiary/aromatic N) is 2. The summed E-state index contributed by atoms with van der Waals surface area (Å²) >= 11 is 1.35. The zero-order valence-electron chi connectivity index (χ0n) is 14.2. The molecule has 2 N–H and O–H groups in total. The summed E-state index contributed by atoms with van der Waals surface area (Å²) in [7, 11) is 0. The zero-order chi connectivity index (χ0) is 18.3. The topological polar surface area (TPSA) is 84.0 Å². The third kappa shape index (κ3) is 2.97. The lowest BCUT2D eigenvalue weighted by Crippen LogP contribution is -2.13. The molecule has 0 spiro atoms. The SMILES string of the molecule is Cc1ccc(C(=O)Nc2nc(-c3ccc4c(c3)C(C)C(=O)N4)cs2)nc1. The lowest BCUT2D eigenvalue weighted by atomic mass is 10.00. The molecule has 1 aromatic carbocycles. The Morgan fingerprint density at radius 1 is 1.27 bits per heavy atom. The van der Waals surface area contributed by atoms with Gasteiger partial charge in [0.25, 0.3) is 5.91 Å². The number of nitrogens with one attached hydrogen (secondary N) is 2. The predicted octanol–water partition coefficient (Wildman–Crippen LogP) is 3.82. The smallest absolute Gasteiger partial charge is 0.276 e. The van der Waals surface area contributed by atoms with E-state index in [9.17, 15) is 9.59 Å². The molecule has 1 atom stereocenters. The van der Waals surface area contributed by atoms with Gasteiger partial charge in [-0.3, -0.25) is 19.9 Å². The van der Waals surface area contributed by atoms with Gasteiger partial charge in [-0.2, -0.15) is 0 Å². The number of fused-ring (bicyclic) bond motifs is 1. The molecular formula is C19H16N4O2S. The summed E-state index contributed by atoms with van der Waals surface area (Å²) in [4.78, 5) is 32.6. The van der Waals surface area contributed by atoms with Crippen molar-refractivity contribution in [2.75, 3.05) is 10.6 Å². The Morgan fingerprint density at radius 3 is 2.88 bits per heavy atom. The standard InChI is InChI=1S/C19H16N4O2S/c1-10-3-5-15(20-8-10)18(25)23-19-22-16(9-26-19)12-4-6-14-13(7-12)11(2)17(24)21-14/h3-9,11H,1-2H3,(H,21,24)(H,22,23,25). The van der Waals surface area contributed by atoms with Crippen LogP contribution >= 0.6 is 11.3 Å². The van der Waals surface area contributed by atoms with E-state index in [0.717, 1.165) is 28.1 Å². The predicted molar refractivity (Wildman–Crippen MR) is 102 cm³/mol. The fraction of sp³-hybridized carbons (Fsp3) is 0.158. The van der Waals surface area contributed by atoms with Crippen molar-refractivity contribution >= 4 is 34.0 Å². The second-order valence-electron chi connectivity index (χ2n) is 6.23. The van der Waals surface area contributed by atoms with Crippen molar-refractivity contribution < 1.29 is 9.59 Å². The van der Waals surface area contributed by atoms with Crippen LogP contribution in [0.5, 0.6) is 0 Å². The van der Waals surface area contributed by atoms with Gasteiger partial charge < -0.3 is 5.32 Å². The first kappa shape index (κ1) is 16.4. The maximum absolute atomic E-state index is 12.3. The quantitative estimate of drug-likeness (QED) is 0.740. The molecule has 2 aromatic heterocycles. The molecule has 130 valence electrons. The van der Waals surface area contributed by atoms with Gasteiger partial charge in [0.2, 0.25) is 5.91 Å². The zero-order valence-corrected chi connectivity index (χ0v) is 15.1. The number of aryl methyl sites for hydroxylation is 1. The average molecular weight is 364 g/mol. The monoisotopic (exact) mass is 364 g/mol. The first-order chi connectivity index (χ1) is 12.5. The summed E-state index contributed by atoms with van der Waals surface area (Å²) < 4.78 is 0. The summed E-state index contributed by atoms with van der Waals surface area (Å²) in [5, 5.41) is 8.03. The molecule has 3 heterocycles. The van der Waals surface area contributed by atoms with Gasteiger partial charge >= 0.3 is 0 Å². The maximum atomic E-state index is 12.3. The first-order valence-corrected chi connectivity index (χ1v) is 9.04. The number of amides is 2. The lowest BCUT2D eigenvalue weighted by Gasteiger charge is -2.04. The molecule has 2 amide bonds. The van der Waals surface area contributed by atoms with Crippen molar-refractivity contribution in [1.29, 1.82) is 0 Å². The lowest BCUT2D eigenvalue weighted by molar-refractivity contribution is -0.116. The highest BCUT2D eigenvalue weighted by Gasteiger charge is 2.26. The van der Waals surface area contributed by atoms with E-state index in [1.807, 2.05) is 43.5 Å². The molecule has 1 unspecified atom stereocenters. The highest BCUT2D eigenvalue weighted by Crippen LogP contribution is 2.36. The Morgan fingerprint density at radius 2 is 2.12 bits per heavy atom. The van der Waals surface area contributed by atoms with Crippen molar-refractivity contribution in [3.8, 4) is 11.3 Å². The van der Waals surface area contributed by atoms with Crippen LogP contribution in [0, 0.1) is 6.92 Å². The third-order valence-electron chi connectivity index (χ3n) is 4.33. The van der Waals surface area contributed by atoms with Crippen molar-refractivity contribution in [3.63, 3.8) is 0 Å². The van der Waals surface area contributed by atoms with Crippen LogP contribution < -0.4 is 10.6 Å². The van der Waals surface area contributed by atoms with Crippen LogP contribution in [0.4, 0.5) is 10.8 Å². The summed E-state index contributed by atoms with van der Waals surface area (Å²) in [6.07, 6.45) is 1.66. The van der Waals surface area contributed by atoms with Crippen LogP contribution in [-0.4, -0.2) is 21.8 Å². The molecule has 0 bridgehead atoms. The van der Waals surface area contributed by atoms with E-state index in [1.54, 1.807) is 12.3 Å². The normalized spacial score (nSPS) is 15.5. The number of benzene rings is 1. The van der Waals surface area contributed by atoms with Crippen molar-refractivity contribution in [2.45, 2.75) is 19.8 Å². The van der Waals surface area contributed by atoms with Crippen LogP contribution in [0.15, 0.2) is 41.9 Å². The average Bonchev–Trinajstić information content (AvgIpc) is 3.20. The van der Waals surface area contributed by atoms with Gasteiger partial charge in [0, 0.05) is 22.8 Å². The minimum absolute atomic E-state index is 0.00831. The highest BCUT2D eigenvalue weighted by atomic mass is 32.1. The van der Waals surface area contributed by atoms with Gasteiger partial charge in [-0.05, 0) is 43.2 Å². The Hall–Kier alpha value is -3.06. The Balaban J connectivity index is 1.54. The summed E-state index contributed by atoms with van der Waals surface area (Å²) in [5.41, 5.74) is 4.84. The molecule has 6 nitrogen and oxygen atoms in total. The number of carbonyl (C=O) groups is 2. The largest absolute Gasteiger partial charge is 0.325 e. The van der Waals surface area contributed by atoms with E-state index in [-0.39, 0.29) is 17.7 Å². The minimum atomic E-state index is -0.289. The molecule has 0 fully saturated rings. The van der Waals surface area contributed by atoms with Crippen LogP contribution in [-0.2, 0) is 4.79 Å². The van der Waals surface area contributed by atoms with E-state index >= 15 is 0 Å². The first-order valence-electron chi connectivity index (χ1n) is 8.16. The summed E-state index contributed by atoms with van der Waals surface area (Å²) in [6, 6.07) is 9.31. The molecular weight excluding hydrogens is 348 g/mol. The van der Waals surface area contributed by atoms with Gasteiger partial charge in [0.1, 0.15) is 5.69 Å². The molecule has 4 rings (SSSR count). The van der Waals surface area contributed by atoms with E-state index in [2.05, 4.69) is 20.6 Å². The fourth-order valence-corrected chi connectivity index (χ4v) is 3.52. The van der Waals surface area contributed by atoms with Crippen molar-refractivity contribution in [1.82, 2.24) is 9.97 Å². The molecule has 1 aliphatic heterocycles. The van der Waals surface area contributed by atoms with Crippen molar-refractivity contribution in [3.05, 3.63) is 58.7 Å². The number of carbonyl (C=O) groups excluding carboxylic acids is 2. The molecule has 7 heteroatoms. The van der Waals surface area contributed by atoms with Gasteiger partial charge in [-0.15, -0.1) is 11.3 Å². The minimum Gasteiger partial charge on any atom is -0.325 e. The Bertz CT molecular complexity index is 1010. The number of rotatable bonds is 3. The molecule has 1 aliphatic rings. The number of pyridine rings is 1. The molecule has 0 saturated heterocycles. The van der Waals surface area contributed by atoms with E-state index in [0.29, 0.717) is 10.8 Å². The number of aromatic nitrogens is 2. The van der Waals surface area contributed by atoms with Gasteiger partial charge in [-0.1, -0.05) is 12.1 Å². The third-order valence-corrected chi connectivity index (χ3v) is 5.09. The van der Waals surface area contributed by atoms with Crippen LogP contribution in [0.25, 0.3) is 11.3 Å². The van der Waals surface area contributed by atoms with Gasteiger partial charge in [-0.25, -0.2) is 4.98 Å². The number of hydrogen-bond acceptors (Lipinski definition) is 5. The molecule has 0 radical (unpaired) electrons. The van der Waals surface area contributed by atoms with E-state index in [1.165, 1.54) is 11.3 Å². The molecule has 26 heavy (non-hydrogen) atoms. The summed E-state index contributed by atoms with van der Waals surface area (Å²) in [5.74, 6) is -0.451. The fourth-order valence-electron chi connectivity index (χ4n) is 2.80.